The normalized spacial score (nSPS) is 11.9. The molecule has 1 rings (SSSR count). The van der Waals surface area contributed by atoms with Crippen LogP contribution in [0.15, 0.2) is 24.3 Å². The van der Waals surface area contributed by atoms with Gasteiger partial charge < -0.3 is 15.8 Å². The molecule has 0 heterocycles. The number of benzene rings is 1. The van der Waals surface area contributed by atoms with Crippen molar-refractivity contribution in [3.63, 3.8) is 0 Å². The molecule has 0 bridgehead atoms. The first-order chi connectivity index (χ1) is 8.93. The SMILES string of the molecule is CC(C)Oc1ccc(CNCC(C)(C)CCN)cc1. The van der Waals surface area contributed by atoms with Crippen LogP contribution in [0.5, 0.6) is 5.75 Å². The fourth-order valence-electron chi connectivity index (χ4n) is 1.98. The third kappa shape index (κ3) is 6.60. The van der Waals surface area contributed by atoms with Gasteiger partial charge in [0.05, 0.1) is 6.10 Å². The van der Waals surface area contributed by atoms with Crippen LogP contribution in [-0.2, 0) is 6.54 Å². The fourth-order valence-corrected chi connectivity index (χ4v) is 1.98. The second kappa shape index (κ2) is 7.51. The Labute approximate surface area is 117 Å². The first-order valence-electron chi connectivity index (χ1n) is 7.09. The van der Waals surface area contributed by atoms with Crippen molar-refractivity contribution in [2.45, 2.75) is 46.8 Å². The Hall–Kier alpha value is -1.06. The summed E-state index contributed by atoms with van der Waals surface area (Å²) in [4.78, 5) is 0. The molecule has 3 N–H and O–H groups in total. The van der Waals surface area contributed by atoms with E-state index in [9.17, 15) is 0 Å². The van der Waals surface area contributed by atoms with E-state index in [2.05, 4.69) is 31.3 Å². The van der Waals surface area contributed by atoms with E-state index in [1.807, 2.05) is 26.0 Å². The lowest BCUT2D eigenvalue weighted by Crippen LogP contribution is -2.30. The van der Waals surface area contributed by atoms with Crippen LogP contribution in [0.1, 0.15) is 39.7 Å². The van der Waals surface area contributed by atoms with E-state index in [1.54, 1.807) is 0 Å². The standard InChI is InChI=1S/C16H28N2O/c1-13(2)19-15-7-5-14(6-8-15)11-18-12-16(3,4)9-10-17/h5-8,13,18H,9-12,17H2,1-4H3. The minimum absolute atomic E-state index is 0.223. The molecule has 0 saturated heterocycles. The summed E-state index contributed by atoms with van der Waals surface area (Å²) in [5.41, 5.74) is 7.15. The first kappa shape index (κ1) is 16.0. The van der Waals surface area contributed by atoms with Crippen molar-refractivity contribution in [3.8, 4) is 5.75 Å². The highest BCUT2D eigenvalue weighted by molar-refractivity contribution is 5.27. The van der Waals surface area contributed by atoms with Gasteiger partial charge >= 0.3 is 0 Å². The van der Waals surface area contributed by atoms with Gasteiger partial charge in [-0.25, -0.2) is 0 Å². The second-order valence-electron chi connectivity index (χ2n) is 6.12. The van der Waals surface area contributed by atoms with Gasteiger partial charge in [0.2, 0.25) is 0 Å². The largest absolute Gasteiger partial charge is 0.491 e. The quantitative estimate of drug-likeness (QED) is 0.759. The first-order valence-corrected chi connectivity index (χ1v) is 7.09. The Morgan fingerprint density at radius 1 is 1.21 bits per heavy atom. The number of hydrogen-bond acceptors (Lipinski definition) is 3. The van der Waals surface area contributed by atoms with E-state index in [0.29, 0.717) is 0 Å². The lowest BCUT2D eigenvalue weighted by atomic mass is 9.89. The van der Waals surface area contributed by atoms with Crippen LogP contribution in [0.2, 0.25) is 0 Å². The van der Waals surface area contributed by atoms with Crippen molar-refractivity contribution in [2.24, 2.45) is 11.1 Å². The van der Waals surface area contributed by atoms with Crippen molar-refractivity contribution in [1.29, 1.82) is 0 Å². The van der Waals surface area contributed by atoms with Crippen LogP contribution >= 0.6 is 0 Å². The Morgan fingerprint density at radius 2 is 1.84 bits per heavy atom. The average Bonchev–Trinajstić information content (AvgIpc) is 2.30. The fraction of sp³-hybridized carbons (Fsp3) is 0.625. The third-order valence-electron chi connectivity index (χ3n) is 3.05. The summed E-state index contributed by atoms with van der Waals surface area (Å²) in [5.74, 6) is 0.933. The molecular weight excluding hydrogens is 236 g/mol. The smallest absolute Gasteiger partial charge is 0.119 e. The predicted octanol–water partition coefficient (Wildman–Crippen LogP) is 2.94. The summed E-state index contributed by atoms with van der Waals surface area (Å²) >= 11 is 0. The number of ether oxygens (including phenoxy) is 1. The summed E-state index contributed by atoms with van der Waals surface area (Å²) in [6.07, 6.45) is 1.27. The van der Waals surface area contributed by atoms with E-state index in [-0.39, 0.29) is 11.5 Å². The van der Waals surface area contributed by atoms with Crippen molar-refractivity contribution >= 4 is 0 Å². The topological polar surface area (TPSA) is 47.3 Å². The zero-order valence-electron chi connectivity index (χ0n) is 12.7. The zero-order chi connectivity index (χ0) is 14.3. The van der Waals surface area contributed by atoms with Gasteiger partial charge in [-0.2, -0.15) is 0 Å². The molecule has 0 aliphatic rings. The molecule has 3 heteroatoms. The molecule has 0 fully saturated rings. The van der Waals surface area contributed by atoms with Crippen molar-refractivity contribution in [1.82, 2.24) is 5.32 Å². The molecule has 0 atom stereocenters. The molecule has 0 unspecified atom stereocenters. The molecule has 0 radical (unpaired) electrons. The Kier molecular flexibility index (Phi) is 6.32. The molecule has 0 aromatic heterocycles. The number of hydrogen-bond donors (Lipinski definition) is 2. The maximum absolute atomic E-state index is 5.63. The van der Waals surface area contributed by atoms with Crippen LogP contribution in [0.4, 0.5) is 0 Å². The van der Waals surface area contributed by atoms with E-state index in [1.165, 1.54) is 5.56 Å². The highest BCUT2D eigenvalue weighted by Crippen LogP contribution is 2.18. The van der Waals surface area contributed by atoms with Gasteiger partial charge in [-0.05, 0) is 49.9 Å². The van der Waals surface area contributed by atoms with E-state index >= 15 is 0 Å². The van der Waals surface area contributed by atoms with Gasteiger partial charge in [-0.15, -0.1) is 0 Å². The molecule has 0 aliphatic carbocycles. The molecule has 0 amide bonds. The van der Waals surface area contributed by atoms with Crippen LogP contribution in [0.3, 0.4) is 0 Å². The van der Waals surface area contributed by atoms with Crippen molar-refractivity contribution in [2.75, 3.05) is 13.1 Å². The third-order valence-corrected chi connectivity index (χ3v) is 3.05. The lowest BCUT2D eigenvalue weighted by molar-refractivity contribution is 0.242. The minimum Gasteiger partial charge on any atom is -0.491 e. The predicted molar refractivity (Wildman–Crippen MR) is 81.4 cm³/mol. The maximum Gasteiger partial charge on any atom is 0.119 e. The number of nitrogens with two attached hydrogens (primary N) is 1. The molecular formula is C16H28N2O. The van der Waals surface area contributed by atoms with Crippen molar-refractivity contribution in [3.05, 3.63) is 29.8 Å². The molecule has 0 saturated carbocycles. The zero-order valence-corrected chi connectivity index (χ0v) is 12.7. The van der Waals surface area contributed by atoms with Gasteiger partial charge in [0.25, 0.3) is 0 Å². The molecule has 19 heavy (non-hydrogen) atoms. The van der Waals surface area contributed by atoms with Crippen LogP contribution in [-0.4, -0.2) is 19.2 Å². The molecule has 1 aromatic carbocycles. The van der Waals surface area contributed by atoms with Gasteiger partial charge in [-0.1, -0.05) is 26.0 Å². The summed E-state index contributed by atoms with van der Waals surface area (Å²) in [5, 5.41) is 3.49. The summed E-state index contributed by atoms with van der Waals surface area (Å²) in [6.45, 7) is 11.2. The minimum atomic E-state index is 0.223. The molecule has 108 valence electrons. The lowest BCUT2D eigenvalue weighted by Gasteiger charge is -2.24. The Bertz CT molecular complexity index is 358. The number of rotatable bonds is 8. The van der Waals surface area contributed by atoms with Crippen LogP contribution in [0, 0.1) is 5.41 Å². The van der Waals surface area contributed by atoms with Gasteiger partial charge in [0, 0.05) is 13.1 Å². The maximum atomic E-state index is 5.63. The Balaban J connectivity index is 2.38. The number of nitrogens with one attached hydrogen (secondary N) is 1. The highest BCUT2D eigenvalue weighted by atomic mass is 16.5. The monoisotopic (exact) mass is 264 g/mol. The Morgan fingerprint density at radius 3 is 2.37 bits per heavy atom. The molecule has 0 spiro atoms. The van der Waals surface area contributed by atoms with Crippen LogP contribution < -0.4 is 15.8 Å². The van der Waals surface area contributed by atoms with E-state index in [4.69, 9.17) is 10.5 Å². The summed E-state index contributed by atoms with van der Waals surface area (Å²) < 4.78 is 5.63. The molecule has 3 nitrogen and oxygen atoms in total. The molecule has 1 aromatic rings. The van der Waals surface area contributed by atoms with Gasteiger partial charge in [0.15, 0.2) is 0 Å². The van der Waals surface area contributed by atoms with Crippen LogP contribution in [0.25, 0.3) is 0 Å². The van der Waals surface area contributed by atoms with E-state index in [0.717, 1.165) is 31.8 Å². The van der Waals surface area contributed by atoms with E-state index < -0.39 is 0 Å². The second-order valence-corrected chi connectivity index (χ2v) is 6.12. The highest BCUT2D eigenvalue weighted by Gasteiger charge is 2.15. The average molecular weight is 264 g/mol. The van der Waals surface area contributed by atoms with Crippen molar-refractivity contribution < 1.29 is 4.74 Å². The summed E-state index contributed by atoms with van der Waals surface area (Å²) in [6, 6.07) is 8.28. The molecule has 0 aliphatic heterocycles. The van der Waals surface area contributed by atoms with Gasteiger partial charge in [0.1, 0.15) is 5.75 Å². The summed E-state index contributed by atoms with van der Waals surface area (Å²) in [7, 11) is 0. The van der Waals surface area contributed by atoms with Gasteiger partial charge in [-0.3, -0.25) is 0 Å².